The van der Waals surface area contributed by atoms with E-state index in [1.165, 1.54) is 16.7 Å². The quantitative estimate of drug-likeness (QED) is 0.0741. The molecule has 0 fully saturated rings. The maximum atomic E-state index is 5.26. The molecule has 15 heteroatoms. The van der Waals surface area contributed by atoms with Gasteiger partial charge in [-0.3, -0.25) is 29.9 Å². The van der Waals surface area contributed by atoms with Gasteiger partial charge in [0.1, 0.15) is 0 Å². The van der Waals surface area contributed by atoms with E-state index >= 15 is 0 Å². The summed E-state index contributed by atoms with van der Waals surface area (Å²) in [6.45, 7) is 0. The number of hydrogen-bond donors (Lipinski definition) is 0. The van der Waals surface area contributed by atoms with Gasteiger partial charge in [0, 0.05) is 131 Å². The highest BCUT2D eigenvalue weighted by Gasteiger charge is 2.24. The summed E-state index contributed by atoms with van der Waals surface area (Å²) in [7, 11) is 0. The standard InChI is InChI=1S/C49H33N5.C47H29N5.C37H25N5/c1-3-13-34(14-4-1)36-23-25-37(26-24-36)43-31-42(35-15-5-2-6-16-35)32-44(33-43)49-53-47(40-19-11-17-38(29-40)45-21-7-9-27-50-45)52-48(54-49)41-20-12-18-39(30-41)46-22-8-10-28-51-46;1-5-17-37-30(11-1)15-9-21-41(37)46-50-45(51-47(52-46)42-22-10-16-31-12-2-6-18-38(31)42)36-28-34(43-39-19-7-3-13-32(39)23-25-48-43)27-35(29-36)44-40-20-8-4-14-33(40)24-26-49-44;1-2-8-26(9-3-1)27-12-18-30(19-13-27)35-40-36(31-20-14-28(15-21-31)33-10-4-6-24-38-33)42-37(41-35)32-22-16-29(17-23-32)34-11-5-7-25-39-34/h1-33H;1-29H;1-25H. The van der Waals surface area contributed by atoms with Crippen molar-refractivity contribution in [3.05, 3.63) is 529 Å². The summed E-state index contributed by atoms with van der Waals surface area (Å²) in [4.78, 5) is 73.9. The average Bonchev–Trinajstić information content (AvgIpc) is 0.768. The van der Waals surface area contributed by atoms with Gasteiger partial charge in [-0.05, 0) is 186 Å². The van der Waals surface area contributed by atoms with Crippen LogP contribution >= 0.6 is 0 Å². The van der Waals surface area contributed by atoms with Crippen molar-refractivity contribution in [1.82, 2.24) is 74.8 Å². The minimum Gasteiger partial charge on any atom is -0.256 e. The summed E-state index contributed by atoms with van der Waals surface area (Å²) in [5.41, 5.74) is 28.5. The average molecular weight is 1900 g/mol. The van der Waals surface area contributed by atoms with E-state index in [1.807, 2.05) is 176 Å². The van der Waals surface area contributed by atoms with Gasteiger partial charge in [-0.1, -0.05) is 382 Å². The molecule has 0 aliphatic heterocycles. The van der Waals surface area contributed by atoms with Gasteiger partial charge < -0.3 is 0 Å². The Labute approximate surface area is 855 Å². The fourth-order valence-corrected chi connectivity index (χ4v) is 18.8. The Balaban J connectivity index is 0.000000120. The second-order valence-corrected chi connectivity index (χ2v) is 35.8. The molecule has 15 nitrogen and oxygen atoms in total. The molecule has 26 rings (SSSR count). The number of benzene rings is 17. The highest BCUT2D eigenvalue weighted by atomic mass is 15.1. The lowest BCUT2D eigenvalue weighted by molar-refractivity contribution is 1.07. The third kappa shape index (κ3) is 19.6. The molecule has 0 bridgehead atoms. The van der Waals surface area contributed by atoms with Crippen LogP contribution in [0.4, 0.5) is 0 Å². The van der Waals surface area contributed by atoms with Crippen molar-refractivity contribution in [2.75, 3.05) is 0 Å². The Hall–Kier alpha value is -20.3. The highest BCUT2D eigenvalue weighted by Crippen LogP contribution is 2.42. The molecule has 26 aromatic rings. The van der Waals surface area contributed by atoms with Crippen LogP contribution < -0.4 is 0 Å². The lowest BCUT2D eigenvalue weighted by Crippen LogP contribution is -2.01. The topological polar surface area (TPSA) is 193 Å². The highest BCUT2D eigenvalue weighted by molar-refractivity contribution is 6.02. The van der Waals surface area contributed by atoms with Crippen LogP contribution in [0.25, 0.3) is 258 Å². The summed E-state index contributed by atoms with van der Waals surface area (Å²) >= 11 is 0. The molecular weight excluding hydrogens is 1810 g/mol. The van der Waals surface area contributed by atoms with Crippen LogP contribution in [0.2, 0.25) is 0 Å². The van der Waals surface area contributed by atoms with Gasteiger partial charge in [0.25, 0.3) is 0 Å². The van der Waals surface area contributed by atoms with Gasteiger partial charge >= 0.3 is 0 Å². The smallest absolute Gasteiger partial charge is 0.164 e. The van der Waals surface area contributed by atoms with Crippen LogP contribution in [0.5, 0.6) is 0 Å². The molecule has 0 aliphatic carbocycles. The Morgan fingerprint density at radius 1 is 0.108 bits per heavy atom. The Bertz CT molecular complexity index is 8520. The minimum absolute atomic E-state index is 0.574. The summed E-state index contributed by atoms with van der Waals surface area (Å²) < 4.78 is 0. The first kappa shape index (κ1) is 90.3. The predicted molar refractivity (Wildman–Crippen MR) is 600 cm³/mol. The Kier molecular flexibility index (Phi) is 25.3. The van der Waals surface area contributed by atoms with Gasteiger partial charge in [0.2, 0.25) is 0 Å². The van der Waals surface area contributed by atoms with Crippen molar-refractivity contribution in [2.45, 2.75) is 0 Å². The summed E-state index contributed by atoms with van der Waals surface area (Å²) in [5, 5.41) is 8.81. The van der Waals surface area contributed by atoms with Crippen LogP contribution in [-0.4, -0.2) is 74.8 Å². The van der Waals surface area contributed by atoms with Crippen molar-refractivity contribution >= 4 is 43.1 Å². The largest absolute Gasteiger partial charge is 0.256 e. The number of nitrogens with zero attached hydrogens (tertiary/aromatic N) is 15. The summed E-state index contributed by atoms with van der Waals surface area (Å²) in [6.07, 6.45) is 11.0. The van der Waals surface area contributed by atoms with Crippen molar-refractivity contribution in [2.24, 2.45) is 0 Å². The zero-order chi connectivity index (χ0) is 98.7. The molecule has 0 unspecified atom stereocenters. The summed E-state index contributed by atoms with van der Waals surface area (Å²) in [5.74, 6) is 5.39. The van der Waals surface area contributed by atoms with E-state index in [-0.39, 0.29) is 0 Å². The van der Waals surface area contributed by atoms with Crippen LogP contribution in [0.1, 0.15) is 0 Å². The Morgan fingerprint density at radius 3 is 0.696 bits per heavy atom. The lowest BCUT2D eigenvalue weighted by atomic mass is 9.94. The van der Waals surface area contributed by atoms with Gasteiger partial charge in [0.05, 0.1) is 34.2 Å². The lowest BCUT2D eigenvalue weighted by Gasteiger charge is -2.14. The van der Waals surface area contributed by atoms with Crippen LogP contribution in [0.3, 0.4) is 0 Å². The third-order valence-corrected chi connectivity index (χ3v) is 26.3. The van der Waals surface area contributed by atoms with Crippen molar-refractivity contribution < 1.29 is 0 Å². The van der Waals surface area contributed by atoms with E-state index in [0.717, 1.165) is 189 Å². The zero-order valence-corrected chi connectivity index (χ0v) is 79.9. The molecule has 0 spiro atoms. The maximum absolute atomic E-state index is 5.26. The van der Waals surface area contributed by atoms with Gasteiger partial charge in [-0.15, -0.1) is 0 Å². The van der Waals surface area contributed by atoms with Gasteiger partial charge in [0.15, 0.2) is 52.4 Å². The minimum atomic E-state index is 0.574. The number of rotatable bonds is 19. The molecule has 0 radical (unpaired) electrons. The molecule has 9 heterocycles. The van der Waals surface area contributed by atoms with Crippen molar-refractivity contribution in [3.63, 3.8) is 0 Å². The molecule has 0 saturated heterocycles. The van der Waals surface area contributed by atoms with Crippen LogP contribution in [0.15, 0.2) is 529 Å². The van der Waals surface area contributed by atoms with E-state index in [0.29, 0.717) is 52.4 Å². The first-order chi connectivity index (χ1) is 73.3. The molecule has 0 N–H and O–H groups in total. The SMILES string of the molecule is c1ccc(-c2ccc(-c3cc(-c4ccccc4)cc(-c4nc(-c5cccc(-c6ccccn6)c5)nc(-c5cccc(-c6ccccn6)c5)n4)c3)cc2)cc1.c1ccc(-c2ccc(-c3nc(-c4ccc(-c5ccccn5)cc4)nc(-c4ccc(-c5ccccn5)cc4)n3)cc2)cc1.c1ccc2c(-c3nc(-c4cc(-c5nccc6ccccc56)cc(-c5nccc6ccccc56)c4)nc(-c4cccc5ccccc45)n3)cccc2c1. The predicted octanol–water partition coefficient (Wildman–Crippen LogP) is 32.3. The van der Waals surface area contributed by atoms with Gasteiger partial charge in [-0.2, -0.15) is 0 Å². The second-order valence-electron chi connectivity index (χ2n) is 35.8. The molecule has 9 aromatic heterocycles. The van der Waals surface area contributed by atoms with Crippen molar-refractivity contribution in [1.29, 1.82) is 0 Å². The van der Waals surface area contributed by atoms with Gasteiger partial charge in [-0.25, -0.2) is 44.9 Å². The monoisotopic (exact) mass is 1890 g/mol. The van der Waals surface area contributed by atoms with E-state index < -0.39 is 0 Å². The Morgan fingerprint density at radius 2 is 0.331 bits per heavy atom. The van der Waals surface area contributed by atoms with E-state index in [1.54, 1.807) is 12.4 Å². The number of fused-ring (bicyclic) bond motifs is 4. The molecule has 17 aromatic carbocycles. The molecule has 0 amide bonds. The summed E-state index contributed by atoms with van der Waals surface area (Å²) in [6, 6.07) is 168. The van der Waals surface area contributed by atoms with E-state index in [2.05, 4.69) is 360 Å². The fraction of sp³-hybridized carbons (Fsp3) is 0. The number of aromatic nitrogens is 15. The zero-order valence-electron chi connectivity index (χ0n) is 79.9. The van der Waals surface area contributed by atoms with E-state index in [9.17, 15) is 0 Å². The first-order valence-electron chi connectivity index (χ1n) is 49.0. The first-order valence-corrected chi connectivity index (χ1v) is 49.0. The third-order valence-electron chi connectivity index (χ3n) is 26.3. The molecule has 0 aliphatic rings. The number of hydrogen-bond acceptors (Lipinski definition) is 15. The van der Waals surface area contributed by atoms with Crippen LogP contribution in [0, 0.1) is 0 Å². The normalized spacial score (nSPS) is 11.1. The molecule has 0 saturated carbocycles. The maximum Gasteiger partial charge on any atom is 0.164 e. The second kappa shape index (κ2) is 41.5. The molecule has 694 valence electrons. The molecule has 148 heavy (non-hydrogen) atoms. The number of pyridine rings is 6. The van der Waals surface area contributed by atoms with Crippen LogP contribution in [-0.2, 0) is 0 Å². The van der Waals surface area contributed by atoms with Crippen molar-refractivity contribution in [3.8, 4) is 215 Å². The molecular formula is C133H87N15. The van der Waals surface area contributed by atoms with E-state index in [4.69, 9.17) is 54.8 Å². The fourth-order valence-electron chi connectivity index (χ4n) is 18.8. The molecule has 0 atom stereocenters.